The van der Waals surface area contributed by atoms with Gasteiger partial charge in [-0.25, -0.2) is 8.42 Å². The first-order chi connectivity index (χ1) is 15.9. The fourth-order valence-electron chi connectivity index (χ4n) is 3.66. The molecule has 0 unspecified atom stereocenters. The number of carbonyl (C=O) groups is 1. The zero-order valence-electron chi connectivity index (χ0n) is 18.2. The van der Waals surface area contributed by atoms with Crippen molar-refractivity contribution >= 4 is 33.7 Å². The molecule has 2 aromatic carbocycles. The summed E-state index contributed by atoms with van der Waals surface area (Å²) in [7, 11) is -2.03. The number of ether oxygens (including phenoxy) is 1. The number of carbonyl (C=O) groups excluding carboxylic acids is 1. The largest absolute Gasteiger partial charge is 0.497 e. The molecule has 1 fully saturated rings. The number of rotatable bonds is 7. The normalized spacial score (nSPS) is 15.3. The molecule has 174 valence electrons. The van der Waals surface area contributed by atoms with E-state index in [1.54, 1.807) is 49.6 Å². The summed E-state index contributed by atoms with van der Waals surface area (Å²) in [4.78, 5) is 13.7. The van der Waals surface area contributed by atoms with Gasteiger partial charge < -0.3 is 9.15 Å². The fraction of sp³-hybridized carbons (Fsp3) is 0.318. The van der Waals surface area contributed by atoms with Crippen molar-refractivity contribution in [2.75, 3.05) is 31.8 Å². The van der Waals surface area contributed by atoms with Crippen LogP contribution in [-0.2, 0) is 14.8 Å². The van der Waals surface area contributed by atoms with Crippen LogP contribution in [0.4, 0.5) is 6.01 Å². The van der Waals surface area contributed by atoms with Gasteiger partial charge >= 0.3 is 6.01 Å². The lowest BCUT2D eigenvalue weighted by atomic mass is 9.97. The molecule has 0 bridgehead atoms. The molecule has 3 aromatic rings. The summed E-state index contributed by atoms with van der Waals surface area (Å²) in [6.45, 7) is 0.536. The lowest BCUT2D eigenvalue weighted by Gasteiger charge is -2.30. The second-order valence-corrected chi connectivity index (χ2v) is 10.2. The Balaban J connectivity index is 1.36. The van der Waals surface area contributed by atoms with Crippen molar-refractivity contribution in [1.29, 1.82) is 0 Å². The molecule has 0 spiro atoms. The Bertz CT molecular complexity index is 1220. The van der Waals surface area contributed by atoms with Crippen molar-refractivity contribution in [2.24, 2.45) is 5.92 Å². The third-order valence-electron chi connectivity index (χ3n) is 5.50. The van der Waals surface area contributed by atoms with E-state index in [2.05, 4.69) is 15.5 Å². The van der Waals surface area contributed by atoms with E-state index in [0.717, 1.165) is 0 Å². The Morgan fingerprint density at radius 3 is 2.48 bits per heavy atom. The minimum atomic E-state index is -3.61. The van der Waals surface area contributed by atoms with E-state index in [1.807, 2.05) is 12.3 Å². The van der Waals surface area contributed by atoms with Crippen LogP contribution in [0.5, 0.6) is 5.75 Å². The van der Waals surface area contributed by atoms with E-state index in [9.17, 15) is 13.2 Å². The second-order valence-electron chi connectivity index (χ2n) is 7.46. The van der Waals surface area contributed by atoms with Gasteiger partial charge in [0.25, 0.3) is 0 Å². The molecule has 2 heterocycles. The zero-order chi connectivity index (χ0) is 23.4. The van der Waals surface area contributed by atoms with Crippen molar-refractivity contribution in [3.8, 4) is 17.2 Å². The number of methoxy groups -OCH3 is 1. The molecule has 33 heavy (non-hydrogen) atoms. The molecule has 1 saturated heterocycles. The van der Waals surface area contributed by atoms with Crippen molar-refractivity contribution in [2.45, 2.75) is 22.6 Å². The molecule has 0 aliphatic carbocycles. The van der Waals surface area contributed by atoms with E-state index in [-0.39, 0.29) is 36.8 Å². The highest BCUT2D eigenvalue weighted by Crippen LogP contribution is 2.30. The lowest BCUT2D eigenvalue weighted by molar-refractivity contribution is -0.121. The number of anilines is 1. The molecule has 9 nitrogen and oxygen atoms in total. The predicted octanol–water partition coefficient (Wildman–Crippen LogP) is 3.51. The first-order valence-corrected chi connectivity index (χ1v) is 13.0. The van der Waals surface area contributed by atoms with Crippen LogP contribution in [0.15, 0.2) is 62.7 Å². The number of nitrogens with zero attached hydrogens (tertiary/aromatic N) is 3. The van der Waals surface area contributed by atoms with Crippen molar-refractivity contribution in [3.05, 3.63) is 48.5 Å². The average molecular weight is 489 g/mol. The molecule has 4 rings (SSSR count). The van der Waals surface area contributed by atoms with Gasteiger partial charge in [-0.15, -0.1) is 16.9 Å². The number of hydrogen-bond donors (Lipinski definition) is 1. The Kier molecular flexibility index (Phi) is 7.01. The van der Waals surface area contributed by atoms with Gasteiger partial charge in [0.2, 0.25) is 21.8 Å². The number of sulfonamides is 1. The Morgan fingerprint density at radius 2 is 1.82 bits per heavy atom. The SMILES string of the molecule is COc1ccc(-c2nnc(NC(=O)C3CCN(S(=O)(=O)c4ccccc4SC)CC3)o2)cc1. The Hall–Kier alpha value is -2.89. The van der Waals surface area contributed by atoms with Crippen molar-refractivity contribution in [1.82, 2.24) is 14.5 Å². The fourth-order valence-corrected chi connectivity index (χ4v) is 6.25. The van der Waals surface area contributed by atoms with Gasteiger partial charge in [0.15, 0.2) is 0 Å². The molecule has 1 amide bonds. The lowest BCUT2D eigenvalue weighted by Crippen LogP contribution is -2.41. The van der Waals surface area contributed by atoms with Gasteiger partial charge in [0.05, 0.1) is 12.0 Å². The van der Waals surface area contributed by atoms with Crippen LogP contribution in [0.1, 0.15) is 12.8 Å². The number of hydrogen-bond acceptors (Lipinski definition) is 8. The molecule has 1 N–H and O–H groups in total. The molecule has 1 aliphatic heterocycles. The maximum Gasteiger partial charge on any atom is 0.322 e. The summed E-state index contributed by atoms with van der Waals surface area (Å²) in [5.41, 5.74) is 0.702. The van der Waals surface area contributed by atoms with Gasteiger partial charge in [-0.2, -0.15) is 4.31 Å². The highest BCUT2D eigenvalue weighted by Gasteiger charge is 2.33. The van der Waals surface area contributed by atoms with Gasteiger partial charge in [-0.05, 0) is 55.5 Å². The molecule has 0 radical (unpaired) electrons. The summed E-state index contributed by atoms with van der Waals surface area (Å²) < 4.78 is 38.3. The number of amides is 1. The van der Waals surface area contributed by atoms with Crippen LogP contribution in [0.3, 0.4) is 0 Å². The summed E-state index contributed by atoms with van der Waals surface area (Å²) >= 11 is 1.40. The average Bonchev–Trinajstić information content (AvgIpc) is 3.32. The van der Waals surface area contributed by atoms with E-state index in [1.165, 1.54) is 16.1 Å². The van der Waals surface area contributed by atoms with Gasteiger partial charge in [-0.1, -0.05) is 17.2 Å². The summed E-state index contributed by atoms with van der Waals surface area (Å²) in [5, 5.41) is 10.5. The van der Waals surface area contributed by atoms with Crippen LogP contribution in [-0.4, -0.2) is 55.3 Å². The molecule has 1 aromatic heterocycles. The van der Waals surface area contributed by atoms with Crippen molar-refractivity contribution in [3.63, 3.8) is 0 Å². The van der Waals surface area contributed by atoms with Crippen LogP contribution >= 0.6 is 11.8 Å². The van der Waals surface area contributed by atoms with Gasteiger partial charge in [-0.3, -0.25) is 10.1 Å². The van der Waals surface area contributed by atoms with E-state index in [4.69, 9.17) is 9.15 Å². The summed E-state index contributed by atoms with van der Waals surface area (Å²) in [6, 6.07) is 14.1. The number of nitrogens with one attached hydrogen (secondary N) is 1. The number of thioether (sulfide) groups is 1. The molecule has 0 atom stereocenters. The predicted molar refractivity (Wildman–Crippen MR) is 125 cm³/mol. The third kappa shape index (κ3) is 5.05. The molecule has 0 saturated carbocycles. The minimum Gasteiger partial charge on any atom is -0.497 e. The minimum absolute atomic E-state index is 0.00904. The Morgan fingerprint density at radius 1 is 1.12 bits per heavy atom. The molecule has 11 heteroatoms. The van der Waals surface area contributed by atoms with Crippen LogP contribution < -0.4 is 10.1 Å². The highest BCUT2D eigenvalue weighted by molar-refractivity contribution is 7.99. The first kappa shape index (κ1) is 23.3. The zero-order valence-corrected chi connectivity index (χ0v) is 19.9. The molecular weight excluding hydrogens is 464 g/mol. The number of piperidine rings is 1. The van der Waals surface area contributed by atoms with Gasteiger partial charge in [0.1, 0.15) is 5.75 Å². The topological polar surface area (TPSA) is 115 Å². The number of aromatic nitrogens is 2. The van der Waals surface area contributed by atoms with Crippen molar-refractivity contribution < 1.29 is 22.4 Å². The highest BCUT2D eigenvalue weighted by atomic mass is 32.2. The third-order valence-corrected chi connectivity index (χ3v) is 8.39. The summed E-state index contributed by atoms with van der Waals surface area (Å²) in [6.07, 6.45) is 2.67. The van der Waals surface area contributed by atoms with E-state index < -0.39 is 10.0 Å². The maximum atomic E-state index is 13.1. The maximum absolute atomic E-state index is 13.1. The van der Waals surface area contributed by atoms with E-state index in [0.29, 0.717) is 33.9 Å². The quantitative estimate of drug-likeness (QED) is 0.503. The smallest absolute Gasteiger partial charge is 0.322 e. The number of benzene rings is 2. The first-order valence-electron chi connectivity index (χ1n) is 10.3. The second kappa shape index (κ2) is 9.94. The van der Waals surface area contributed by atoms with E-state index >= 15 is 0 Å². The monoisotopic (exact) mass is 488 g/mol. The Labute approximate surface area is 196 Å². The van der Waals surface area contributed by atoms with Gasteiger partial charge in [0, 0.05) is 29.5 Å². The molecular formula is C22H24N4O5S2. The standard InChI is InChI=1S/C22H24N4O5S2/c1-30-17-9-7-16(8-10-17)21-24-25-22(31-21)23-20(27)15-11-13-26(14-12-15)33(28,29)19-6-4-3-5-18(19)32-2/h3-10,15H,11-14H2,1-2H3,(H,23,25,27). The summed E-state index contributed by atoms with van der Waals surface area (Å²) in [5.74, 6) is 0.378. The van der Waals surface area contributed by atoms with Crippen LogP contribution in [0.25, 0.3) is 11.5 Å². The van der Waals surface area contributed by atoms with Crippen LogP contribution in [0.2, 0.25) is 0 Å². The molecule has 1 aliphatic rings. The van der Waals surface area contributed by atoms with Crippen LogP contribution in [0, 0.1) is 5.92 Å².